The predicted octanol–water partition coefficient (Wildman–Crippen LogP) is 4.37. The highest BCUT2D eigenvalue weighted by Gasteiger charge is 2.36. The fraction of sp³-hybridized carbons (Fsp3) is 0.625. The van der Waals surface area contributed by atoms with E-state index in [2.05, 4.69) is 22.9 Å². The van der Waals surface area contributed by atoms with Crippen molar-refractivity contribution in [1.82, 2.24) is 0 Å². The van der Waals surface area contributed by atoms with Crippen molar-refractivity contribution < 1.29 is 4.74 Å². The molecule has 1 saturated carbocycles. The Morgan fingerprint density at radius 1 is 1.47 bits per heavy atom. The van der Waals surface area contributed by atoms with Crippen molar-refractivity contribution in [2.45, 2.75) is 39.0 Å². The van der Waals surface area contributed by atoms with Crippen LogP contribution in [0.15, 0.2) is 28.7 Å². The molecule has 1 aliphatic carbocycles. The zero-order chi connectivity index (χ0) is 13.7. The lowest BCUT2D eigenvalue weighted by Crippen LogP contribution is -2.29. The largest absolute Gasteiger partial charge is 0.494 e. The van der Waals surface area contributed by atoms with Crippen LogP contribution in [-0.2, 0) is 0 Å². The molecule has 0 aliphatic heterocycles. The monoisotopic (exact) mass is 325 g/mol. The Hall–Kier alpha value is -0.540. The highest BCUT2D eigenvalue weighted by molar-refractivity contribution is 9.10. The van der Waals surface area contributed by atoms with Gasteiger partial charge in [-0.3, -0.25) is 0 Å². The molecule has 0 amide bonds. The number of ether oxygens (including phenoxy) is 1. The first-order valence-corrected chi connectivity index (χ1v) is 8.05. The van der Waals surface area contributed by atoms with Gasteiger partial charge in [0.25, 0.3) is 0 Å². The first-order valence-electron chi connectivity index (χ1n) is 7.26. The number of benzene rings is 1. The van der Waals surface area contributed by atoms with Gasteiger partial charge in [0.05, 0.1) is 6.61 Å². The van der Waals surface area contributed by atoms with Gasteiger partial charge in [0.15, 0.2) is 0 Å². The molecule has 1 aromatic carbocycles. The van der Waals surface area contributed by atoms with Gasteiger partial charge in [-0.2, -0.15) is 0 Å². The molecule has 0 aromatic heterocycles. The van der Waals surface area contributed by atoms with Crippen LogP contribution >= 0.6 is 15.9 Å². The van der Waals surface area contributed by atoms with Crippen molar-refractivity contribution in [1.29, 1.82) is 0 Å². The third-order valence-electron chi connectivity index (χ3n) is 4.51. The number of hydrogen-bond donors (Lipinski definition) is 1. The molecule has 0 spiro atoms. The average molecular weight is 326 g/mol. The SMILES string of the molecule is CCC1CCC(CN)(CCOc2cccc(Br)c2)C1. The number of halogens is 1. The maximum atomic E-state index is 6.03. The molecule has 2 rings (SSSR count). The van der Waals surface area contributed by atoms with Crippen molar-refractivity contribution in [3.8, 4) is 5.75 Å². The lowest BCUT2D eigenvalue weighted by Gasteiger charge is -2.27. The fourth-order valence-electron chi connectivity index (χ4n) is 3.13. The Kier molecular flexibility index (Phi) is 5.28. The molecule has 2 nitrogen and oxygen atoms in total. The number of nitrogens with two attached hydrogens (primary N) is 1. The van der Waals surface area contributed by atoms with Crippen LogP contribution in [0.2, 0.25) is 0 Å². The Bertz CT molecular complexity index is 409. The van der Waals surface area contributed by atoms with Gasteiger partial charge in [-0.1, -0.05) is 35.3 Å². The summed E-state index contributed by atoms with van der Waals surface area (Å²) in [5.41, 5.74) is 6.35. The molecule has 1 aromatic rings. The average Bonchev–Trinajstić information content (AvgIpc) is 2.83. The van der Waals surface area contributed by atoms with E-state index in [0.717, 1.165) is 35.7 Å². The van der Waals surface area contributed by atoms with Crippen molar-refractivity contribution in [2.75, 3.05) is 13.2 Å². The second kappa shape index (κ2) is 6.76. The van der Waals surface area contributed by atoms with Crippen LogP contribution in [0, 0.1) is 11.3 Å². The summed E-state index contributed by atoms with van der Waals surface area (Å²) < 4.78 is 6.92. The summed E-state index contributed by atoms with van der Waals surface area (Å²) in [5, 5.41) is 0. The molecular formula is C16H24BrNO. The summed E-state index contributed by atoms with van der Waals surface area (Å²) in [5.74, 6) is 1.81. The molecule has 2 atom stereocenters. The number of rotatable bonds is 6. The Morgan fingerprint density at radius 3 is 2.95 bits per heavy atom. The lowest BCUT2D eigenvalue weighted by molar-refractivity contribution is 0.198. The van der Waals surface area contributed by atoms with Gasteiger partial charge in [-0.15, -0.1) is 0 Å². The van der Waals surface area contributed by atoms with Crippen LogP contribution < -0.4 is 10.5 Å². The minimum Gasteiger partial charge on any atom is -0.494 e. The molecule has 0 heterocycles. The van der Waals surface area contributed by atoms with E-state index in [1.54, 1.807) is 0 Å². The molecular weight excluding hydrogens is 302 g/mol. The zero-order valence-electron chi connectivity index (χ0n) is 11.7. The van der Waals surface area contributed by atoms with Crippen LogP contribution in [0.5, 0.6) is 5.75 Å². The molecule has 0 saturated heterocycles. The minimum atomic E-state index is 0.326. The highest BCUT2D eigenvalue weighted by atomic mass is 79.9. The Morgan fingerprint density at radius 2 is 2.32 bits per heavy atom. The molecule has 106 valence electrons. The normalized spacial score (nSPS) is 26.6. The van der Waals surface area contributed by atoms with E-state index < -0.39 is 0 Å². The van der Waals surface area contributed by atoms with Crippen LogP contribution in [0.25, 0.3) is 0 Å². The van der Waals surface area contributed by atoms with Gasteiger partial charge in [-0.05, 0) is 61.8 Å². The molecule has 0 bridgehead atoms. The van der Waals surface area contributed by atoms with Crippen molar-refractivity contribution >= 4 is 15.9 Å². The molecule has 2 unspecified atom stereocenters. The van der Waals surface area contributed by atoms with E-state index in [0.29, 0.717) is 5.41 Å². The minimum absolute atomic E-state index is 0.326. The van der Waals surface area contributed by atoms with Crippen molar-refractivity contribution in [3.63, 3.8) is 0 Å². The summed E-state index contributed by atoms with van der Waals surface area (Å²) in [6.07, 6.45) is 6.25. The first kappa shape index (κ1) is 14.9. The Balaban J connectivity index is 1.84. The summed E-state index contributed by atoms with van der Waals surface area (Å²) in [6, 6.07) is 8.03. The first-order chi connectivity index (χ1) is 9.17. The maximum Gasteiger partial charge on any atom is 0.120 e. The van der Waals surface area contributed by atoms with E-state index in [1.165, 1.54) is 25.7 Å². The van der Waals surface area contributed by atoms with Crippen molar-refractivity contribution in [2.24, 2.45) is 17.1 Å². The quantitative estimate of drug-likeness (QED) is 0.842. The van der Waals surface area contributed by atoms with Gasteiger partial charge in [-0.25, -0.2) is 0 Å². The topological polar surface area (TPSA) is 35.2 Å². The van der Waals surface area contributed by atoms with E-state index in [1.807, 2.05) is 24.3 Å². The molecule has 0 radical (unpaired) electrons. The van der Waals surface area contributed by atoms with Crippen LogP contribution in [0.3, 0.4) is 0 Å². The summed E-state index contributed by atoms with van der Waals surface area (Å²) in [7, 11) is 0. The molecule has 2 N–H and O–H groups in total. The van der Waals surface area contributed by atoms with Crippen molar-refractivity contribution in [3.05, 3.63) is 28.7 Å². The third-order valence-corrected chi connectivity index (χ3v) is 5.01. The molecule has 1 fully saturated rings. The van der Waals surface area contributed by atoms with Crippen LogP contribution in [0.1, 0.15) is 39.0 Å². The standard InChI is InChI=1S/C16H24BrNO/c1-2-13-6-7-16(11-13,12-18)8-9-19-15-5-3-4-14(17)10-15/h3-5,10,13H,2,6-9,11-12,18H2,1H3. The van der Waals surface area contributed by atoms with Gasteiger partial charge in [0.2, 0.25) is 0 Å². The van der Waals surface area contributed by atoms with Crippen LogP contribution in [-0.4, -0.2) is 13.2 Å². The van der Waals surface area contributed by atoms with Gasteiger partial charge in [0, 0.05) is 4.47 Å². The third kappa shape index (κ3) is 3.96. The molecule has 1 aliphatic rings. The van der Waals surface area contributed by atoms with E-state index >= 15 is 0 Å². The Labute approximate surface area is 124 Å². The fourth-order valence-corrected chi connectivity index (χ4v) is 3.51. The van der Waals surface area contributed by atoms with Gasteiger partial charge in [0.1, 0.15) is 5.75 Å². The van der Waals surface area contributed by atoms with Crippen LogP contribution in [0.4, 0.5) is 0 Å². The predicted molar refractivity (Wildman–Crippen MR) is 83.4 cm³/mol. The second-order valence-corrected chi connectivity index (χ2v) is 6.69. The molecule has 19 heavy (non-hydrogen) atoms. The summed E-state index contributed by atoms with van der Waals surface area (Å²) >= 11 is 3.46. The van der Waals surface area contributed by atoms with E-state index in [-0.39, 0.29) is 0 Å². The molecule has 3 heteroatoms. The van der Waals surface area contributed by atoms with E-state index in [4.69, 9.17) is 10.5 Å². The van der Waals surface area contributed by atoms with E-state index in [9.17, 15) is 0 Å². The second-order valence-electron chi connectivity index (χ2n) is 5.78. The zero-order valence-corrected chi connectivity index (χ0v) is 13.3. The smallest absolute Gasteiger partial charge is 0.120 e. The maximum absolute atomic E-state index is 6.03. The lowest BCUT2D eigenvalue weighted by atomic mass is 9.82. The van der Waals surface area contributed by atoms with Gasteiger partial charge < -0.3 is 10.5 Å². The highest BCUT2D eigenvalue weighted by Crippen LogP contribution is 2.44. The summed E-state index contributed by atoms with van der Waals surface area (Å²) in [6.45, 7) is 3.85. The number of hydrogen-bond acceptors (Lipinski definition) is 2. The van der Waals surface area contributed by atoms with Gasteiger partial charge >= 0.3 is 0 Å². The summed E-state index contributed by atoms with van der Waals surface area (Å²) in [4.78, 5) is 0.